The summed E-state index contributed by atoms with van der Waals surface area (Å²) in [4.78, 5) is 38.6. The number of esters is 1. The molecular weight excluding hydrogens is 366 g/mol. The number of hydrogen-bond acceptors (Lipinski definition) is 7. The van der Waals surface area contributed by atoms with Gasteiger partial charge in [0.05, 0.1) is 7.11 Å². The first-order chi connectivity index (χ1) is 12.7. The lowest BCUT2D eigenvalue weighted by Crippen LogP contribution is -2.53. The molecule has 0 aromatic heterocycles. The molecule has 8 nitrogen and oxygen atoms in total. The van der Waals surface area contributed by atoms with Crippen LogP contribution in [0.4, 0.5) is 9.59 Å². The van der Waals surface area contributed by atoms with Crippen LogP contribution in [-0.4, -0.2) is 52.5 Å². The van der Waals surface area contributed by atoms with E-state index in [1.54, 1.807) is 53.7 Å². The predicted molar refractivity (Wildman–Crippen MR) is 102 cm³/mol. The number of amides is 2. The van der Waals surface area contributed by atoms with E-state index in [4.69, 9.17) is 14.2 Å². The predicted octanol–water partition coefficient (Wildman–Crippen LogP) is 3.65. The van der Waals surface area contributed by atoms with Gasteiger partial charge >= 0.3 is 18.2 Å². The summed E-state index contributed by atoms with van der Waals surface area (Å²) in [5, 5.41) is 9.44. The molecule has 1 aromatic carbocycles. The van der Waals surface area contributed by atoms with Crippen molar-refractivity contribution >= 4 is 18.2 Å². The van der Waals surface area contributed by atoms with Gasteiger partial charge < -0.3 is 19.3 Å². The first kappa shape index (κ1) is 23.3. The zero-order chi connectivity index (χ0) is 21.7. The molecule has 0 fully saturated rings. The Balaban J connectivity index is 3.31. The first-order valence-electron chi connectivity index (χ1n) is 8.84. The molecule has 0 spiro atoms. The highest BCUT2D eigenvalue weighted by atomic mass is 16.6. The summed E-state index contributed by atoms with van der Waals surface area (Å²) < 4.78 is 15.4. The smallest absolute Gasteiger partial charge is 0.420 e. The summed E-state index contributed by atoms with van der Waals surface area (Å²) in [7, 11) is 1.16. The fourth-order valence-corrected chi connectivity index (χ4v) is 2.22. The van der Waals surface area contributed by atoms with Gasteiger partial charge in [0.1, 0.15) is 23.0 Å². The average Bonchev–Trinajstić information content (AvgIpc) is 2.52. The number of carbonyl (C=O) groups is 3. The largest absolute Gasteiger partial charge is 0.508 e. The third-order valence-corrected chi connectivity index (χ3v) is 3.33. The van der Waals surface area contributed by atoms with Crippen molar-refractivity contribution in [2.24, 2.45) is 0 Å². The minimum absolute atomic E-state index is 0.0363. The van der Waals surface area contributed by atoms with Crippen LogP contribution in [0.1, 0.15) is 47.1 Å². The number of carbonyl (C=O) groups excluding carboxylic acids is 3. The van der Waals surface area contributed by atoms with E-state index in [2.05, 4.69) is 0 Å². The second-order valence-corrected chi connectivity index (χ2v) is 8.24. The van der Waals surface area contributed by atoms with Crippen LogP contribution in [0.25, 0.3) is 0 Å². The molecule has 8 heteroatoms. The molecule has 0 heterocycles. The van der Waals surface area contributed by atoms with E-state index < -0.39 is 35.4 Å². The maximum atomic E-state index is 12.7. The molecule has 2 amide bonds. The van der Waals surface area contributed by atoms with Gasteiger partial charge in [-0.25, -0.2) is 14.4 Å². The third kappa shape index (κ3) is 7.46. The van der Waals surface area contributed by atoms with Crippen LogP contribution < -0.4 is 0 Å². The molecule has 1 atom stereocenters. The molecule has 1 aromatic rings. The number of nitrogens with zero attached hydrogens (tertiary/aromatic N) is 1. The molecule has 0 saturated heterocycles. The van der Waals surface area contributed by atoms with Gasteiger partial charge in [0.15, 0.2) is 0 Å². The SMILES string of the molecule is COC(=O)[C@H](Cc1ccc(O)cc1)N(C(=O)OC(C)(C)C)C(=O)OC(C)(C)C. The van der Waals surface area contributed by atoms with E-state index in [1.165, 1.54) is 12.1 Å². The van der Waals surface area contributed by atoms with Crippen LogP contribution in [-0.2, 0) is 25.4 Å². The van der Waals surface area contributed by atoms with Gasteiger partial charge in [-0.1, -0.05) is 12.1 Å². The number of phenols is 1. The third-order valence-electron chi connectivity index (χ3n) is 3.33. The molecule has 1 N–H and O–H groups in total. The van der Waals surface area contributed by atoms with E-state index >= 15 is 0 Å². The highest BCUT2D eigenvalue weighted by Crippen LogP contribution is 2.20. The molecule has 0 unspecified atom stereocenters. The normalized spacial score (nSPS) is 12.7. The minimum Gasteiger partial charge on any atom is -0.508 e. The van der Waals surface area contributed by atoms with Gasteiger partial charge in [-0.05, 0) is 59.2 Å². The Bertz CT molecular complexity index is 671. The Labute approximate surface area is 165 Å². The maximum Gasteiger partial charge on any atom is 0.420 e. The second kappa shape index (κ2) is 8.95. The van der Waals surface area contributed by atoms with Crippen LogP contribution in [0.3, 0.4) is 0 Å². The van der Waals surface area contributed by atoms with Crippen LogP contribution in [0.5, 0.6) is 5.75 Å². The molecule has 0 bridgehead atoms. The highest BCUT2D eigenvalue weighted by molar-refractivity contribution is 5.94. The van der Waals surface area contributed by atoms with Crippen LogP contribution in [0.2, 0.25) is 0 Å². The number of ether oxygens (including phenoxy) is 3. The molecule has 1 rings (SSSR count). The van der Waals surface area contributed by atoms with Crippen molar-refractivity contribution in [1.29, 1.82) is 0 Å². The number of methoxy groups -OCH3 is 1. The van der Waals surface area contributed by atoms with Gasteiger partial charge in [0.25, 0.3) is 0 Å². The van der Waals surface area contributed by atoms with Crippen molar-refractivity contribution in [3.8, 4) is 5.75 Å². The topological polar surface area (TPSA) is 102 Å². The Morgan fingerprint density at radius 3 is 1.71 bits per heavy atom. The number of hydrogen-bond donors (Lipinski definition) is 1. The molecular formula is C20H29NO7. The molecule has 0 aliphatic carbocycles. The lowest BCUT2D eigenvalue weighted by Gasteiger charge is -2.32. The van der Waals surface area contributed by atoms with Gasteiger partial charge in [0, 0.05) is 6.42 Å². The summed E-state index contributed by atoms with van der Waals surface area (Å²) in [6.45, 7) is 9.86. The monoisotopic (exact) mass is 395 g/mol. The first-order valence-corrected chi connectivity index (χ1v) is 8.84. The van der Waals surface area contributed by atoms with Crippen molar-refractivity contribution in [2.75, 3.05) is 7.11 Å². The molecule has 28 heavy (non-hydrogen) atoms. The number of rotatable bonds is 4. The lowest BCUT2D eigenvalue weighted by atomic mass is 10.0. The number of phenolic OH excluding ortho intramolecular Hbond substituents is 1. The fraction of sp³-hybridized carbons (Fsp3) is 0.550. The van der Waals surface area contributed by atoms with Crippen molar-refractivity contribution in [3.63, 3.8) is 0 Å². The van der Waals surface area contributed by atoms with E-state index in [1.807, 2.05) is 0 Å². The number of aromatic hydroxyl groups is 1. The van der Waals surface area contributed by atoms with Crippen LogP contribution in [0, 0.1) is 0 Å². The highest BCUT2D eigenvalue weighted by Gasteiger charge is 2.41. The zero-order valence-corrected chi connectivity index (χ0v) is 17.4. The minimum atomic E-state index is -1.31. The molecule has 0 aliphatic rings. The van der Waals surface area contributed by atoms with Crippen molar-refractivity contribution in [3.05, 3.63) is 29.8 Å². The molecule has 156 valence electrons. The van der Waals surface area contributed by atoms with Gasteiger partial charge in [-0.15, -0.1) is 0 Å². The van der Waals surface area contributed by atoms with E-state index in [0.717, 1.165) is 7.11 Å². The summed E-state index contributed by atoms with van der Waals surface area (Å²) >= 11 is 0. The number of imide groups is 1. The standard InChI is InChI=1S/C20H29NO7/c1-19(2,3)27-17(24)21(18(25)28-20(4,5)6)15(16(23)26-7)12-13-8-10-14(22)11-9-13/h8-11,15,22H,12H2,1-7H3/t15-/m0/s1. The summed E-state index contributed by atoms with van der Waals surface area (Å²) in [6.07, 6.45) is -2.07. The van der Waals surface area contributed by atoms with Gasteiger partial charge in [0.2, 0.25) is 0 Å². The van der Waals surface area contributed by atoms with Crippen molar-refractivity contribution in [2.45, 2.75) is 65.2 Å². The molecule has 0 saturated carbocycles. The Morgan fingerprint density at radius 2 is 1.36 bits per heavy atom. The molecule has 0 aliphatic heterocycles. The zero-order valence-electron chi connectivity index (χ0n) is 17.4. The summed E-state index contributed by atoms with van der Waals surface area (Å²) in [5.41, 5.74) is -1.18. The Kier molecular flexibility index (Phi) is 7.43. The lowest BCUT2D eigenvalue weighted by molar-refractivity contribution is -0.146. The second-order valence-electron chi connectivity index (χ2n) is 8.24. The fourth-order valence-electron chi connectivity index (χ4n) is 2.22. The number of benzene rings is 1. The summed E-state index contributed by atoms with van der Waals surface area (Å²) in [6, 6.07) is 4.73. The van der Waals surface area contributed by atoms with E-state index in [9.17, 15) is 19.5 Å². The van der Waals surface area contributed by atoms with Gasteiger partial charge in [-0.3, -0.25) is 0 Å². The Morgan fingerprint density at radius 1 is 0.929 bits per heavy atom. The molecule has 0 radical (unpaired) electrons. The quantitative estimate of drug-likeness (QED) is 0.613. The van der Waals surface area contributed by atoms with E-state index in [-0.39, 0.29) is 12.2 Å². The average molecular weight is 395 g/mol. The van der Waals surface area contributed by atoms with E-state index in [0.29, 0.717) is 10.5 Å². The maximum absolute atomic E-state index is 12.7. The van der Waals surface area contributed by atoms with Crippen LogP contribution in [0.15, 0.2) is 24.3 Å². The Hall–Kier alpha value is -2.77. The van der Waals surface area contributed by atoms with Crippen molar-refractivity contribution < 1.29 is 33.7 Å². The summed E-state index contributed by atoms with van der Waals surface area (Å²) in [5.74, 6) is -0.751. The van der Waals surface area contributed by atoms with Gasteiger partial charge in [-0.2, -0.15) is 4.90 Å². The van der Waals surface area contributed by atoms with Crippen LogP contribution >= 0.6 is 0 Å². The van der Waals surface area contributed by atoms with Crippen molar-refractivity contribution in [1.82, 2.24) is 4.90 Å².